The number of rotatable bonds is 3. The molecule has 6 heteroatoms. The molecule has 1 saturated carbocycles. The van der Waals surface area contributed by atoms with Crippen LogP contribution in [0, 0.1) is 6.92 Å². The van der Waals surface area contributed by atoms with Gasteiger partial charge in [-0.15, -0.1) is 0 Å². The number of ether oxygens (including phenoxy) is 2. The summed E-state index contributed by atoms with van der Waals surface area (Å²) >= 11 is 5.77. The third-order valence-electron chi connectivity index (χ3n) is 2.34. The summed E-state index contributed by atoms with van der Waals surface area (Å²) in [4.78, 5) is 19.4. The molecule has 1 aromatic heterocycles. The number of aryl methyl sites for hydroxylation is 1. The van der Waals surface area contributed by atoms with Crippen molar-refractivity contribution in [3.63, 3.8) is 0 Å². The van der Waals surface area contributed by atoms with Crippen molar-refractivity contribution in [2.24, 2.45) is 0 Å². The summed E-state index contributed by atoms with van der Waals surface area (Å²) in [7, 11) is 1.34. The van der Waals surface area contributed by atoms with Gasteiger partial charge in [-0.3, -0.25) is 0 Å². The average Bonchev–Trinajstić information content (AvgIpc) is 2.96. The summed E-state index contributed by atoms with van der Waals surface area (Å²) in [6.07, 6.45) is 1.28. The lowest BCUT2D eigenvalue weighted by atomic mass is 10.3. The Morgan fingerprint density at radius 3 is 2.69 bits per heavy atom. The first-order chi connectivity index (χ1) is 7.55. The third kappa shape index (κ3) is 2.09. The number of aromatic nitrogens is 2. The number of carbonyl (C=O) groups is 1. The molecule has 1 fully saturated rings. The second kappa shape index (κ2) is 3.90. The van der Waals surface area contributed by atoms with E-state index in [0.29, 0.717) is 29.7 Å². The zero-order valence-corrected chi connectivity index (χ0v) is 9.74. The summed E-state index contributed by atoms with van der Waals surface area (Å²) in [6, 6.07) is 1.48. The summed E-state index contributed by atoms with van der Waals surface area (Å²) < 4.78 is 10.2. The van der Waals surface area contributed by atoms with E-state index in [1.807, 2.05) is 0 Å². The number of methoxy groups -OCH3 is 1. The van der Waals surface area contributed by atoms with E-state index in [4.69, 9.17) is 16.3 Å². The predicted molar refractivity (Wildman–Crippen MR) is 56.4 cm³/mol. The Morgan fingerprint density at radius 2 is 2.19 bits per heavy atom. The van der Waals surface area contributed by atoms with Gasteiger partial charge >= 0.3 is 5.97 Å². The standard InChI is InChI=1S/C10H11ClN2O3/c1-6-12-7(11)5-8(13-6)16-10(3-4-10)9(14)15-2/h5H,3-4H2,1-2H3. The monoisotopic (exact) mass is 242 g/mol. The fourth-order valence-corrected chi connectivity index (χ4v) is 1.62. The lowest BCUT2D eigenvalue weighted by molar-refractivity contribution is -0.151. The molecule has 0 unspecified atom stereocenters. The first kappa shape index (κ1) is 11.1. The molecule has 2 rings (SSSR count). The molecule has 1 aromatic rings. The number of esters is 1. The highest BCUT2D eigenvalue weighted by Crippen LogP contribution is 2.41. The van der Waals surface area contributed by atoms with Crippen molar-refractivity contribution in [2.45, 2.75) is 25.4 Å². The number of hydrogen-bond acceptors (Lipinski definition) is 5. The van der Waals surface area contributed by atoms with Crippen LogP contribution in [0.15, 0.2) is 6.07 Å². The molecule has 5 nitrogen and oxygen atoms in total. The normalized spacial score (nSPS) is 16.7. The average molecular weight is 243 g/mol. The van der Waals surface area contributed by atoms with Gasteiger partial charge in [0, 0.05) is 18.9 Å². The minimum absolute atomic E-state index is 0.295. The van der Waals surface area contributed by atoms with E-state index in [9.17, 15) is 4.79 Å². The van der Waals surface area contributed by atoms with Crippen molar-refractivity contribution >= 4 is 17.6 Å². The highest BCUT2D eigenvalue weighted by atomic mass is 35.5. The van der Waals surface area contributed by atoms with Crippen LogP contribution in [-0.2, 0) is 9.53 Å². The van der Waals surface area contributed by atoms with Crippen LogP contribution in [0.4, 0.5) is 0 Å². The maximum atomic E-state index is 11.4. The Labute approximate surface area is 97.7 Å². The fraction of sp³-hybridized carbons (Fsp3) is 0.500. The number of halogens is 1. The van der Waals surface area contributed by atoms with Crippen molar-refractivity contribution in [1.82, 2.24) is 9.97 Å². The molecule has 16 heavy (non-hydrogen) atoms. The van der Waals surface area contributed by atoms with Crippen LogP contribution in [-0.4, -0.2) is 28.6 Å². The van der Waals surface area contributed by atoms with Crippen LogP contribution in [0.2, 0.25) is 5.15 Å². The maximum Gasteiger partial charge on any atom is 0.350 e. The van der Waals surface area contributed by atoms with E-state index < -0.39 is 5.60 Å². The van der Waals surface area contributed by atoms with Crippen LogP contribution in [0.25, 0.3) is 0 Å². The molecule has 0 bridgehead atoms. The largest absolute Gasteiger partial charge is 0.466 e. The summed E-state index contributed by atoms with van der Waals surface area (Å²) in [5.41, 5.74) is -0.862. The Hall–Kier alpha value is -1.36. The zero-order chi connectivity index (χ0) is 11.8. The SMILES string of the molecule is COC(=O)C1(Oc2cc(Cl)nc(C)n2)CC1. The van der Waals surface area contributed by atoms with Gasteiger partial charge < -0.3 is 9.47 Å². The van der Waals surface area contributed by atoms with Crippen LogP contribution in [0.1, 0.15) is 18.7 Å². The molecule has 1 aliphatic carbocycles. The Morgan fingerprint density at radius 1 is 1.50 bits per heavy atom. The van der Waals surface area contributed by atoms with Gasteiger partial charge in [-0.25, -0.2) is 9.78 Å². The minimum atomic E-state index is -0.862. The van der Waals surface area contributed by atoms with Gasteiger partial charge in [0.2, 0.25) is 11.5 Å². The van der Waals surface area contributed by atoms with E-state index in [1.54, 1.807) is 6.92 Å². The smallest absolute Gasteiger partial charge is 0.350 e. The number of hydrogen-bond donors (Lipinski definition) is 0. The van der Waals surface area contributed by atoms with E-state index in [-0.39, 0.29) is 5.97 Å². The van der Waals surface area contributed by atoms with Crippen LogP contribution >= 0.6 is 11.6 Å². The van der Waals surface area contributed by atoms with Crippen molar-refractivity contribution in [1.29, 1.82) is 0 Å². The Bertz CT molecular complexity index is 412. The molecule has 1 aliphatic rings. The number of nitrogens with zero attached hydrogens (tertiary/aromatic N) is 2. The third-order valence-corrected chi connectivity index (χ3v) is 2.54. The van der Waals surface area contributed by atoms with Crippen LogP contribution < -0.4 is 4.74 Å². The lowest BCUT2D eigenvalue weighted by Gasteiger charge is -2.14. The molecule has 0 atom stereocenters. The molecule has 0 radical (unpaired) electrons. The molecule has 0 saturated heterocycles. The van der Waals surface area contributed by atoms with Gasteiger partial charge in [-0.1, -0.05) is 11.6 Å². The molecule has 0 spiro atoms. The molecule has 86 valence electrons. The van der Waals surface area contributed by atoms with Gasteiger partial charge in [0.05, 0.1) is 7.11 Å². The van der Waals surface area contributed by atoms with Crippen LogP contribution in [0.3, 0.4) is 0 Å². The summed E-state index contributed by atoms with van der Waals surface area (Å²) in [5.74, 6) is 0.434. The lowest BCUT2D eigenvalue weighted by Crippen LogP contribution is -2.31. The Kier molecular flexibility index (Phi) is 2.71. The van der Waals surface area contributed by atoms with Gasteiger partial charge in [0.1, 0.15) is 11.0 Å². The molecule has 1 heterocycles. The molecular formula is C10H11ClN2O3. The first-order valence-electron chi connectivity index (χ1n) is 4.84. The van der Waals surface area contributed by atoms with Crippen molar-refractivity contribution in [3.8, 4) is 5.88 Å². The van der Waals surface area contributed by atoms with Gasteiger partial charge in [-0.05, 0) is 6.92 Å². The van der Waals surface area contributed by atoms with Gasteiger partial charge in [-0.2, -0.15) is 4.98 Å². The fourth-order valence-electron chi connectivity index (χ4n) is 1.41. The predicted octanol–water partition coefficient (Wildman–Crippen LogP) is 1.52. The van der Waals surface area contributed by atoms with Gasteiger partial charge in [0.15, 0.2) is 0 Å². The minimum Gasteiger partial charge on any atom is -0.466 e. The van der Waals surface area contributed by atoms with E-state index in [2.05, 4.69) is 14.7 Å². The molecule has 0 amide bonds. The first-order valence-corrected chi connectivity index (χ1v) is 5.22. The topological polar surface area (TPSA) is 61.3 Å². The molecule has 0 N–H and O–H groups in total. The molecular weight excluding hydrogens is 232 g/mol. The number of carbonyl (C=O) groups excluding carboxylic acids is 1. The van der Waals surface area contributed by atoms with E-state index in [1.165, 1.54) is 13.2 Å². The highest BCUT2D eigenvalue weighted by molar-refractivity contribution is 6.29. The summed E-state index contributed by atoms with van der Waals surface area (Å²) in [5, 5.41) is 0.295. The van der Waals surface area contributed by atoms with Crippen molar-refractivity contribution in [3.05, 3.63) is 17.0 Å². The molecule has 0 aliphatic heterocycles. The van der Waals surface area contributed by atoms with Gasteiger partial charge in [0.25, 0.3) is 0 Å². The van der Waals surface area contributed by atoms with E-state index in [0.717, 1.165) is 0 Å². The van der Waals surface area contributed by atoms with Crippen molar-refractivity contribution in [2.75, 3.05) is 7.11 Å². The maximum absolute atomic E-state index is 11.4. The second-order valence-corrected chi connectivity index (χ2v) is 4.05. The van der Waals surface area contributed by atoms with Crippen molar-refractivity contribution < 1.29 is 14.3 Å². The van der Waals surface area contributed by atoms with E-state index >= 15 is 0 Å². The second-order valence-electron chi connectivity index (χ2n) is 3.66. The summed E-state index contributed by atoms with van der Waals surface area (Å²) in [6.45, 7) is 1.70. The zero-order valence-electron chi connectivity index (χ0n) is 8.99. The Balaban J connectivity index is 2.18. The van der Waals surface area contributed by atoms with Crippen LogP contribution in [0.5, 0.6) is 5.88 Å². The quantitative estimate of drug-likeness (QED) is 0.594. The molecule has 0 aromatic carbocycles. The highest BCUT2D eigenvalue weighted by Gasteiger charge is 2.54.